The summed E-state index contributed by atoms with van der Waals surface area (Å²) in [6, 6.07) is 9.74. The fourth-order valence-electron chi connectivity index (χ4n) is 2.19. The van der Waals surface area contributed by atoms with Crippen LogP contribution < -0.4 is 5.32 Å². The second kappa shape index (κ2) is 4.90. The molecule has 0 saturated carbocycles. The highest BCUT2D eigenvalue weighted by molar-refractivity contribution is 7.80. The Morgan fingerprint density at radius 1 is 1.33 bits per heavy atom. The van der Waals surface area contributed by atoms with Crippen molar-refractivity contribution in [1.82, 2.24) is 10.2 Å². The summed E-state index contributed by atoms with van der Waals surface area (Å²) in [6.07, 6.45) is 0. The summed E-state index contributed by atoms with van der Waals surface area (Å²) in [5, 5.41) is 3.87. The van der Waals surface area contributed by atoms with E-state index in [2.05, 4.69) is 5.32 Å². The predicted molar refractivity (Wildman–Crippen MR) is 76.1 cm³/mol. The van der Waals surface area contributed by atoms with Gasteiger partial charge in [-0.25, -0.2) is 0 Å². The van der Waals surface area contributed by atoms with Gasteiger partial charge in [-0.15, -0.1) is 0 Å². The van der Waals surface area contributed by atoms with Crippen LogP contribution in [0.2, 0.25) is 0 Å². The molecule has 0 aromatic heterocycles. The monoisotopic (exact) mass is 260 g/mol. The molecule has 0 aliphatic carbocycles. The first kappa shape index (κ1) is 12.8. The van der Waals surface area contributed by atoms with Crippen molar-refractivity contribution < 1.29 is 4.79 Å². The molecule has 1 heterocycles. The molecule has 18 heavy (non-hydrogen) atoms. The summed E-state index contributed by atoms with van der Waals surface area (Å²) in [7, 11) is 1.87. The van der Waals surface area contributed by atoms with E-state index in [1.807, 2.05) is 49.2 Å². The third-order valence-corrected chi connectivity index (χ3v) is 3.66. The Morgan fingerprint density at radius 2 is 1.94 bits per heavy atom. The zero-order valence-corrected chi connectivity index (χ0v) is 11.5. The lowest BCUT2D eigenvalue weighted by Crippen LogP contribution is -2.45. The summed E-state index contributed by atoms with van der Waals surface area (Å²) < 4.78 is 0. The van der Waals surface area contributed by atoms with E-state index in [-0.39, 0.29) is 11.8 Å². The van der Waals surface area contributed by atoms with Gasteiger partial charge in [0.25, 0.3) is 0 Å². The minimum Gasteiger partial charge on any atom is -0.351 e. The summed E-state index contributed by atoms with van der Waals surface area (Å²) in [6.45, 7) is 3.53. The maximum atomic E-state index is 11.9. The largest absolute Gasteiger partial charge is 0.351 e. The van der Waals surface area contributed by atoms with Crippen molar-refractivity contribution in [2.45, 2.75) is 19.9 Å². The number of ketones is 1. The molecule has 1 atom stereocenters. The quantitative estimate of drug-likeness (QED) is 0.828. The minimum atomic E-state index is -0.146. The predicted octanol–water partition coefficient (Wildman–Crippen LogP) is 2.41. The van der Waals surface area contributed by atoms with Gasteiger partial charge in [0.05, 0.1) is 6.04 Å². The number of carbonyl (C=O) groups excluding carboxylic acids is 1. The number of thiocarbonyl (C=S) groups is 1. The van der Waals surface area contributed by atoms with Gasteiger partial charge in [0.15, 0.2) is 10.9 Å². The molecule has 1 N–H and O–H groups in total. The van der Waals surface area contributed by atoms with Crippen molar-refractivity contribution in [1.29, 1.82) is 0 Å². The molecule has 0 spiro atoms. The van der Waals surface area contributed by atoms with Crippen LogP contribution in [0.5, 0.6) is 0 Å². The molecule has 0 fully saturated rings. The second-order valence-electron chi connectivity index (χ2n) is 4.41. The highest BCUT2D eigenvalue weighted by atomic mass is 32.1. The van der Waals surface area contributed by atoms with Gasteiger partial charge in [-0.05, 0) is 31.6 Å². The van der Waals surface area contributed by atoms with Gasteiger partial charge in [0, 0.05) is 18.3 Å². The molecule has 0 unspecified atom stereocenters. The first-order valence-electron chi connectivity index (χ1n) is 5.83. The van der Waals surface area contributed by atoms with Crippen LogP contribution in [-0.2, 0) is 4.79 Å². The van der Waals surface area contributed by atoms with E-state index in [0.29, 0.717) is 5.11 Å². The number of Topliss-reactive ketones (excluding diaryl/α,β-unsaturated/α-hetero) is 1. The smallest absolute Gasteiger partial charge is 0.173 e. The van der Waals surface area contributed by atoms with E-state index >= 15 is 0 Å². The average molecular weight is 260 g/mol. The van der Waals surface area contributed by atoms with Gasteiger partial charge in [0.2, 0.25) is 0 Å². The minimum absolute atomic E-state index is 0.0724. The van der Waals surface area contributed by atoms with Crippen molar-refractivity contribution in [3.05, 3.63) is 47.2 Å². The Labute approximate surface area is 112 Å². The number of rotatable bonds is 2. The fraction of sp³-hybridized carbons (Fsp3) is 0.286. The molecule has 0 saturated heterocycles. The standard InChI is InChI=1S/C14H16N2OS/c1-9-12(10(2)17)13(15-14(18)16(9)3)11-7-5-4-6-8-11/h4-8,13H,1-3H3,(H,15,18)/t13-/m1/s1. The number of hydrogen-bond donors (Lipinski definition) is 1. The maximum absolute atomic E-state index is 11.9. The lowest BCUT2D eigenvalue weighted by Gasteiger charge is -2.35. The highest BCUT2D eigenvalue weighted by Gasteiger charge is 2.30. The van der Waals surface area contributed by atoms with Crippen molar-refractivity contribution in [2.24, 2.45) is 0 Å². The van der Waals surface area contributed by atoms with Crippen LogP contribution in [0, 0.1) is 0 Å². The van der Waals surface area contributed by atoms with Crippen molar-refractivity contribution in [3.63, 3.8) is 0 Å². The number of nitrogens with zero attached hydrogens (tertiary/aromatic N) is 1. The van der Waals surface area contributed by atoms with Crippen molar-refractivity contribution in [3.8, 4) is 0 Å². The highest BCUT2D eigenvalue weighted by Crippen LogP contribution is 2.29. The average Bonchev–Trinajstić information content (AvgIpc) is 2.36. The number of benzene rings is 1. The molecule has 1 aliphatic heterocycles. The zero-order chi connectivity index (χ0) is 13.3. The first-order valence-corrected chi connectivity index (χ1v) is 6.24. The summed E-state index contributed by atoms with van der Waals surface area (Å²) in [4.78, 5) is 13.7. The van der Waals surface area contributed by atoms with E-state index in [0.717, 1.165) is 16.8 Å². The molecule has 94 valence electrons. The molecule has 0 radical (unpaired) electrons. The Kier molecular flexibility index (Phi) is 3.48. The summed E-state index contributed by atoms with van der Waals surface area (Å²) in [5.74, 6) is 0.0724. The van der Waals surface area contributed by atoms with Gasteiger partial charge in [-0.2, -0.15) is 0 Å². The van der Waals surface area contributed by atoms with Crippen LogP contribution in [0.3, 0.4) is 0 Å². The van der Waals surface area contributed by atoms with Gasteiger partial charge in [-0.3, -0.25) is 4.79 Å². The molecule has 3 nitrogen and oxygen atoms in total. The zero-order valence-electron chi connectivity index (χ0n) is 10.7. The SMILES string of the molecule is CC(=O)C1=C(C)N(C)C(=S)N[C@@H]1c1ccccc1. The Hall–Kier alpha value is -1.68. The maximum Gasteiger partial charge on any atom is 0.173 e. The van der Waals surface area contributed by atoms with Crippen LogP contribution in [-0.4, -0.2) is 22.8 Å². The molecule has 4 heteroatoms. The van der Waals surface area contributed by atoms with E-state index in [9.17, 15) is 4.79 Å². The van der Waals surface area contributed by atoms with E-state index in [1.54, 1.807) is 6.92 Å². The summed E-state index contributed by atoms with van der Waals surface area (Å²) in [5.41, 5.74) is 2.75. The van der Waals surface area contributed by atoms with E-state index < -0.39 is 0 Å². The first-order chi connectivity index (χ1) is 8.52. The number of hydrogen-bond acceptors (Lipinski definition) is 2. The third-order valence-electron chi connectivity index (χ3n) is 3.27. The molecule has 0 bridgehead atoms. The van der Waals surface area contributed by atoms with Crippen LogP contribution in [0.1, 0.15) is 25.5 Å². The van der Waals surface area contributed by atoms with Crippen LogP contribution >= 0.6 is 12.2 Å². The third kappa shape index (κ3) is 2.16. The second-order valence-corrected chi connectivity index (χ2v) is 4.79. The van der Waals surface area contributed by atoms with E-state index in [4.69, 9.17) is 12.2 Å². The topological polar surface area (TPSA) is 32.3 Å². The Bertz CT molecular complexity index is 522. The van der Waals surface area contributed by atoms with Crippen LogP contribution in [0.15, 0.2) is 41.6 Å². The fourth-order valence-corrected chi connectivity index (χ4v) is 2.44. The number of nitrogens with one attached hydrogen (secondary N) is 1. The number of allylic oxidation sites excluding steroid dienone is 1. The van der Waals surface area contributed by atoms with Gasteiger partial charge >= 0.3 is 0 Å². The number of carbonyl (C=O) groups is 1. The molecule has 1 aliphatic rings. The van der Waals surface area contributed by atoms with Gasteiger partial charge in [-0.1, -0.05) is 30.3 Å². The molecule has 2 rings (SSSR count). The van der Waals surface area contributed by atoms with Gasteiger partial charge < -0.3 is 10.2 Å². The Morgan fingerprint density at radius 3 is 2.50 bits per heavy atom. The molecule has 1 aromatic rings. The molecule has 0 amide bonds. The van der Waals surface area contributed by atoms with E-state index in [1.165, 1.54) is 0 Å². The summed E-state index contributed by atoms with van der Waals surface area (Å²) >= 11 is 5.29. The van der Waals surface area contributed by atoms with Crippen LogP contribution in [0.25, 0.3) is 0 Å². The molecular weight excluding hydrogens is 244 g/mol. The van der Waals surface area contributed by atoms with Crippen molar-refractivity contribution >= 4 is 23.1 Å². The van der Waals surface area contributed by atoms with Crippen molar-refractivity contribution in [2.75, 3.05) is 7.05 Å². The Balaban J connectivity index is 2.53. The lowest BCUT2D eigenvalue weighted by molar-refractivity contribution is -0.114. The molecule has 1 aromatic carbocycles. The normalized spacial score (nSPS) is 19.8. The molecular formula is C14H16N2OS. The van der Waals surface area contributed by atoms with Crippen LogP contribution in [0.4, 0.5) is 0 Å². The lowest BCUT2D eigenvalue weighted by atomic mass is 9.93. The van der Waals surface area contributed by atoms with Gasteiger partial charge in [0.1, 0.15) is 0 Å².